The van der Waals surface area contributed by atoms with Gasteiger partial charge in [0.25, 0.3) is 0 Å². The van der Waals surface area contributed by atoms with Crippen LogP contribution in [0.15, 0.2) is 24.5 Å². The van der Waals surface area contributed by atoms with E-state index in [1.54, 1.807) is 23.7 Å². The molecule has 0 fully saturated rings. The first-order chi connectivity index (χ1) is 8.15. The summed E-state index contributed by atoms with van der Waals surface area (Å²) < 4.78 is 0. The minimum Gasteiger partial charge on any atom is -0.331 e. The first-order valence-corrected chi connectivity index (χ1v) is 6.09. The topological polar surface area (TPSA) is 69.8 Å². The third kappa shape index (κ3) is 3.07. The predicted molar refractivity (Wildman–Crippen MR) is 68.2 cm³/mol. The Hall–Kier alpha value is -1.82. The third-order valence-electron chi connectivity index (χ3n) is 2.34. The van der Waals surface area contributed by atoms with Crippen molar-refractivity contribution in [1.82, 2.24) is 15.5 Å². The van der Waals surface area contributed by atoms with E-state index in [1.165, 1.54) is 4.88 Å². The maximum atomic E-state index is 11.7. The normalized spacial score (nSPS) is 12.1. The fourth-order valence-electron chi connectivity index (χ4n) is 1.43. The van der Waals surface area contributed by atoms with E-state index >= 15 is 0 Å². The van der Waals surface area contributed by atoms with Crippen molar-refractivity contribution in [1.29, 1.82) is 0 Å². The van der Waals surface area contributed by atoms with Gasteiger partial charge < -0.3 is 5.32 Å². The second-order valence-electron chi connectivity index (χ2n) is 3.76. The van der Waals surface area contributed by atoms with E-state index in [0.29, 0.717) is 0 Å². The van der Waals surface area contributed by atoms with Crippen LogP contribution in [0.5, 0.6) is 0 Å². The van der Waals surface area contributed by atoms with Crippen LogP contribution in [0.4, 0.5) is 9.80 Å². The highest BCUT2D eigenvalue weighted by atomic mass is 32.1. The average Bonchev–Trinajstić information content (AvgIpc) is 2.89. The first-order valence-electron chi connectivity index (χ1n) is 5.28. The highest BCUT2D eigenvalue weighted by molar-refractivity contribution is 7.16. The number of amides is 2. The van der Waals surface area contributed by atoms with Crippen LogP contribution in [-0.2, 0) is 0 Å². The number of carbonyl (C=O) groups is 1. The quantitative estimate of drug-likeness (QED) is 0.783. The lowest BCUT2D eigenvalue weighted by Crippen LogP contribution is -2.30. The maximum Gasteiger partial charge on any atom is 0.320 e. The summed E-state index contributed by atoms with van der Waals surface area (Å²) in [5.74, 6) is 0. The van der Waals surface area contributed by atoms with Crippen molar-refractivity contribution in [2.75, 3.05) is 5.32 Å². The third-order valence-corrected chi connectivity index (χ3v) is 3.26. The number of aromatic nitrogens is 2. The number of H-pyrrole nitrogens is 1. The number of carbonyl (C=O) groups excluding carboxylic acids is 1. The average molecular weight is 250 g/mol. The van der Waals surface area contributed by atoms with Crippen LogP contribution in [-0.4, -0.2) is 16.2 Å². The van der Waals surface area contributed by atoms with Crippen LogP contribution in [0.25, 0.3) is 0 Å². The predicted octanol–water partition coefficient (Wildman–Crippen LogP) is 2.66. The molecule has 0 radical (unpaired) electrons. The van der Waals surface area contributed by atoms with Crippen LogP contribution in [0.3, 0.4) is 0 Å². The minimum absolute atomic E-state index is 0.0743. The summed E-state index contributed by atoms with van der Waals surface area (Å²) in [4.78, 5) is 12.9. The number of aromatic amines is 1. The zero-order valence-corrected chi connectivity index (χ0v) is 10.5. The van der Waals surface area contributed by atoms with Gasteiger partial charge in [0.05, 0.1) is 17.2 Å². The van der Waals surface area contributed by atoms with Gasteiger partial charge in [0.1, 0.15) is 0 Å². The Labute approximate surface area is 103 Å². The zero-order valence-electron chi connectivity index (χ0n) is 9.65. The van der Waals surface area contributed by atoms with Crippen molar-refractivity contribution in [3.63, 3.8) is 0 Å². The first kappa shape index (κ1) is 11.7. The van der Waals surface area contributed by atoms with Crippen molar-refractivity contribution in [3.8, 4) is 0 Å². The Morgan fingerprint density at radius 1 is 1.53 bits per heavy atom. The van der Waals surface area contributed by atoms with E-state index in [9.17, 15) is 4.79 Å². The van der Waals surface area contributed by atoms with Gasteiger partial charge in [-0.25, -0.2) is 4.79 Å². The van der Waals surface area contributed by atoms with E-state index in [-0.39, 0.29) is 12.1 Å². The molecule has 0 aliphatic heterocycles. The van der Waals surface area contributed by atoms with E-state index in [0.717, 1.165) is 10.6 Å². The summed E-state index contributed by atoms with van der Waals surface area (Å²) in [6.07, 6.45) is 3.46. The number of aryl methyl sites for hydroxylation is 1. The van der Waals surface area contributed by atoms with Gasteiger partial charge in [-0.1, -0.05) is 0 Å². The Morgan fingerprint density at radius 2 is 2.35 bits per heavy atom. The number of anilines is 1. The Kier molecular flexibility index (Phi) is 3.43. The van der Waals surface area contributed by atoms with Gasteiger partial charge in [-0.05, 0) is 26.0 Å². The van der Waals surface area contributed by atoms with Gasteiger partial charge in [0.2, 0.25) is 0 Å². The molecule has 2 aromatic heterocycles. The van der Waals surface area contributed by atoms with Crippen molar-refractivity contribution in [2.24, 2.45) is 0 Å². The maximum absolute atomic E-state index is 11.7. The fraction of sp³-hybridized carbons (Fsp3) is 0.273. The van der Waals surface area contributed by atoms with E-state index in [1.807, 2.05) is 26.0 Å². The van der Waals surface area contributed by atoms with Gasteiger partial charge >= 0.3 is 6.03 Å². The monoisotopic (exact) mass is 250 g/mol. The molecule has 0 spiro atoms. The molecule has 0 bridgehead atoms. The Bertz CT molecular complexity index is 491. The Balaban J connectivity index is 1.89. The summed E-state index contributed by atoms with van der Waals surface area (Å²) in [6.45, 7) is 3.91. The summed E-state index contributed by atoms with van der Waals surface area (Å²) in [6, 6.07) is 3.58. The molecule has 90 valence electrons. The summed E-state index contributed by atoms with van der Waals surface area (Å²) in [7, 11) is 0. The van der Waals surface area contributed by atoms with Crippen LogP contribution < -0.4 is 10.6 Å². The zero-order chi connectivity index (χ0) is 12.3. The minimum atomic E-state index is -0.208. The second kappa shape index (κ2) is 5.01. The molecule has 17 heavy (non-hydrogen) atoms. The molecule has 6 heteroatoms. The number of hydrogen-bond acceptors (Lipinski definition) is 3. The largest absolute Gasteiger partial charge is 0.331 e. The number of thiophene rings is 1. The second-order valence-corrected chi connectivity index (χ2v) is 5.05. The lowest BCUT2D eigenvalue weighted by Gasteiger charge is -2.12. The summed E-state index contributed by atoms with van der Waals surface area (Å²) in [5, 5.41) is 13.0. The van der Waals surface area contributed by atoms with Gasteiger partial charge in [-0.2, -0.15) is 5.10 Å². The highest BCUT2D eigenvalue weighted by Crippen LogP contribution is 2.20. The molecule has 2 heterocycles. The Morgan fingerprint density at radius 3 is 2.94 bits per heavy atom. The van der Waals surface area contributed by atoms with Crippen LogP contribution >= 0.6 is 11.3 Å². The number of nitrogens with one attached hydrogen (secondary N) is 3. The molecule has 0 saturated heterocycles. The lowest BCUT2D eigenvalue weighted by molar-refractivity contribution is 0.249. The molecular weight excluding hydrogens is 236 g/mol. The molecule has 2 amide bonds. The van der Waals surface area contributed by atoms with E-state index < -0.39 is 0 Å². The molecule has 0 aliphatic rings. The van der Waals surface area contributed by atoms with Gasteiger partial charge in [-0.3, -0.25) is 10.4 Å². The lowest BCUT2D eigenvalue weighted by atomic mass is 10.2. The van der Waals surface area contributed by atoms with Crippen molar-refractivity contribution < 1.29 is 4.79 Å². The van der Waals surface area contributed by atoms with Crippen LogP contribution in [0.2, 0.25) is 0 Å². The number of urea groups is 1. The molecule has 5 nitrogen and oxygen atoms in total. The van der Waals surface area contributed by atoms with Crippen LogP contribution in [0, 0.1) is 6.92 Å². The fourth-order valence-corrected chi connectivity index (χ4v) is 2.19. The molecule has 2 aromatic rings. The van der Waals surface area contributed by atoms with E-state index in [2.05, 4.69) is 20.8 Å². The molecule has 1 atom stereocenters. The van der Waals surface area contributed by atoms with Gasteiger partial charge in [0, 0.05) is 16.6 Å². The highest BCUT2D eigenvalue weighted by Gasteiger charge is 2.10. The summed E-state index contributed by atoms with van der Waals surface area (Å²) >= 11 is 1.55. The molecule has 3 N–H and O–H groups in total. The van der Waals surface area contributed by atoms with Crippen molar-refractivity contribution >= 4 is 22.4 Å². The smallest absolute Gasteiger partial charge is 0.320 e. The van der Waals surface area contributed by atoms with Crippen molar-refractivity contribution in [2.45, 2.75) is 19.9 Å². The number of rotatable bonds is 3. The summed E-state index contributed by atoms with van der Waals surface area (Å²) in [5.41, 5.74) is 0.947. The molecule has 0 aliphatic carbocycles. The standard InChI is InChI=1S/C11H14N4OS/c1-7-3-4-10(17-7)15-11(16)14-8(2)9-5-12-13-6-9/h3-6,8H,1-2H3,(H,12,13)(H2,14,15,16). The molecule has 2 rings (SSSR count). The number of hydrogen-bond donors (Lipinski definition) is 3. The number of nitrogens with zero attached hydrogens (tertiary/aromatic N) is 1. The molecule has 0 aromatic carbocycles. The molecule has 0 saturated carbocycles. The van der Waals surface area contributed by atoms with Gasteiger partial charge in [-0.15, -0.1) is 11.3 Å². The van der Waals surface area contributed by atoms with Crippen LogP contribution in [0.1, 0.15) is 23.4 Å². The SMILES string of the molecule is Cc1ccc(NC(=O)NC(C)c2cn[nH]c2)s1. The molecular formula is C11H14N4OS. The van der Waals surface area contributed by atoms with E-state index in [4.69, 9.17) is 0 Å². The van der Waals surface area contributed by atoms with Crippen molar-refractivity contribution in [3.05, 3.63) is 35.0 Å². The van der Waals surface area contributed by atoms with Gasteiger partial charge in [0.15, 0.2) is 0 Å². The molecule has 1 unspecified atom stereocenters.